The molecular formula is C10H8F2N2O2. The molecule has 0 bridgehead atoms. The van der Waals surface area contributed by atoms with Crippen LogP contribution in [0.15, 0.2) is 12.1 Å². The fourth-order valence-electron chi connectivity index (χ4n) is 1.09. The van der Waals surface area contributed by atoms with Gasteiger partial charge in [-0.25, -0.2) is 13.8 Å². The maximum absolute atomic E-state index is 12.3. The molecule has 0 saturated carbocycles. The van der Waals surface area contributed by atoms with Crippen molar-refractivity contribution in [2.45, 2.75) is 12.8 Å². The van der Waals surface area contributed by atoms with E-state index in [0.29, 0.717) is 0 Å². The minimum absolute atomic E-state index is 0.00662. The van der Waals surface area contributed by atoms with Gasteiger partial charge in [-0.05, 0) is 12.1 Å². The Balaban J connectivity index is 3.08. The molecule has 0 amide bonds. The predicted octanol–water partition coefficient (Wildman–Crippen LogP) is 1.61. The highest BCUT2D eigenvalue weighted by molar-refractivity contribution is 5.72. The Morgan fingerprint density at radius 2 is 2.31 bits per heavy atom. The van der Waals surface area contributed by atoms with E-state index in [9.17, 15) is 13.6 Å². The number of alkyl halides is 2. The van der Waals surface area contributed by atoms with Crippen molar-refractivity contribution in [3.8, 4) is 6.07 Å². The van der Waals surface area contributed by atoms with Crippen LogP contribution in [0.3, 0.4) is 0 Å². The van der Waals surface area contributed by atoms with E-state index < -0.39 is 18.1 Å². The number of nitrogens with zero attached hydrogens (tertiary/aromatic N) is 2. The molecule has 0 unspecified atom stereocenters. The first-order valence-electron chi connectivity index (χ1n) is 4.33. The van der Waals surface area contributed by atoms with Gasteiger partial charge in [0.15, 0.2) is 0 Å². The average Bonchev–Trinajstić information content (AvgIpc) is 2.28. The van der Waals surface area contributed by atoms with Crippen LogP contribution in [0.25, 0.3) is 0 Å². The van der Waals surface area contributed by atoms with Crippen LogP contribution in [-0.4, -0.2) is 18.1 Å². The third kappa shape index (κ3) is 2.73. The normalized spacial score (nSPS) is 9.94. The van der Waals surface area contributed by atoms with Gasteiger partial charge in [0.25, 0.3) is 6.43 Å². The number of carbonyl (C=O) groups is 1. The number of halogens is 2. The molecule has 0 aromatic carbocycles. The molecule has 84 valence electrons. The number of methoxy groups -OCH3 is 1. The number of pyridine rings is 1. The van der Waals surface area contributed by atoms with Gasteiger partial charge >= 0.3 is 5.97 Å². The molecule has 4 nitrogen and oxygen atoms in total. The van der Waals surface area contributed by atoms with Gasteiger partial charge in [-0.2, -0.15) is 5.26 Å². The van der Waals surface area contributed by atoms with E-state index in [4.69, 9.17) is 5.26 Å². The molecule has 1 aromatic heterocycles. The number of carbonyl (C=O) groups excluding carboxylic acids is 1. The monoisotopic (exact) mass is 226 g/mol. The predicted molar refractivity (Wildman–Crippen MR) is 49.6 cm³/mol. The van der Waals surface area contributed by atoms with Crippen LogP contribution in [0, 0.1) is 11.3 Å². The summed E-state index contributed by atoms with van der Waals surface area (Å²) >= 11 is 0. The lowest BCUT2D eigenvalue weighted by atomic mass is 10.1. The van der Waals surface area contributed by atoms with E-state index in [1.54, 1.807) is 6.07 Å². The standard InChI is InChI=1S/C10H8F2N2O2/c1-16-9(15)4-8-6(5-13)2-3-7(14-8)10(11)12/h2-3,10H,4H2,1H3. The van der Waals surface area contributed by atoms with Crippen molar-refractivity contribution in [2.75, 3.05) is 7.11 Å². The molecule has 0 saturated heterocycles. The Morgan fingerprint density at radius 1 is 1.62 bits per heavy atom. The zero-order valence-electron chi connectivity index (χ0n) is 8.41. The van der Waals surface area contributed by atoms with Crippen molar-refractivity contribution in [3.05, 3.63) is 29.1 Å². The molecule has 0 aliphatic carbocycles. The van der Waals surface area contributed by atoms with Gasteiger partial charge in [0.2, 0.25) is 0 Å². The summed E-state index contributed by atoms with van der Waals surface area (Å²) in [6.07, 6.45) is -3.02. The van der Waals surface area contributed by atoms with Crippen molar-refractivity contribution in [1.29, 1.82) is 5.26 Å². The lowest BCUT2D eigenvalue weighted by Gasteiger charge is -2.04. The number of esters is 1. The van der Waals surface area contributed by atoms with Crippen LogP contribution in [0.5, 0.6) is 0 Å². The Kier molecular flexibility index (Phi) is 3.89. The first-order chi connectivity index (χ1) is 7.58. The molecule has 0 N–H and O–H groups in total. The van der Waals surface area contributed by atoms with Gasteiger partial charge in [0, 0.05) is 0 Å². The highest BCUT2D eigenvalue weighted by Gasteiger charge is 2.15. The molecule has 0 aliphatic rings. The number of nitriles is 1. The van der Waals surface area contributed by atoms with E-state index >= 15 is 0 Å². The molecule has 0 aliphatic heterocycles. The lowest BCUT2D eigenvalue weighted by Crippen LogP contribution is -2.09. The highest BCUT2D eigenvalue weighted by Crippen LogP contribution is 2.18. The number of ether oxygens (including phenoxy) is 1. The minimum atomic E-state index is -2.73. The van der Waals surface area contributed by atoms with Crippen LogP contribution >= 0.6 is 0 Å². The summed E-state index contributed by atoms with van der Waals surface area (Å²) in [6.45, 7) is 0. The van der Waals surface area contributed by atoms with Crippen molar-refractivity contribution >= 4 is 5.97 Å². The fourth-order valence-corrected chi connectivity index (χ4v) is 1.09. The second-order valence-corrected chi connectivity index (χ2v) is 2.90. The summed E-state index contributed by atoms with van der Waals surface area (Å²) in [5.41, 5.74) is -0.361. The van der Waals surface area contributed by atoms with Gasteiger partial charge in [0.05, 0.1) is 24.8 Å². The molecule has 0 fully saturated rings. The first kappa shape index (κ1) is 12.0. The summed E-state index contributed by atoms with van der Waals surface area (Å²) in [5, 5.41) is 8.70. The van der Waals surface area contributed by atoms with Gasteiger partial charge in [0.1, 0.15) is 11.8 Å². The van der Waals surface area contributed by atoms with Gasteiger partial charge < -0.3 is 4.74 Å². The Bertz CT molecular complexity index is 441. The quantitative estimate of drug-likeness (QED) is 0.734. The van der Waals surface area contributed by atoms with Crippen LogP contribution in [0.2, 0.25) is 0 Å². The lowest BCUT2D eigenvalue weighted by molar-refractivity contribution is -0.139. The molecule has 6 heteroatoms. The van der Waals surface area contributed by atoms with E-state index in [1.807, 2.05) is 0 Å². The molecular weight excluding hydrogens is 218 g/mol. The largest absolute Gasteiger partial charge is 0.469 e. The zero-order chi connectivity index (χ0) is 12.1. The van der Waals surface area contributed by atoms with Gasteiger partial charge in [-0.3, -0.25) is 4.79 Å². The van der Waals surface area contributed by atoms with E-state index in [1.165, 1.54) is 13.2 Å². The maximum Gasteiger partial charge on any atom is 0.311 e. The Labute approximate surface area is 90.5 Å². The molecule has 0 atom stereocenters. The Morgan fingerprint density at radius 3 is 2.81 bits per heavy atom. The van der Waals surface area contributed by atoms with Crippen molar-refractivity contribution < 1.29 is 18.3 Å². The van der Waals surface area contributed by atoms with Gasteiger partial charge in [-0.1, -0.05) is 0 Å². The third-order valence-corrected chi connectivity index (χ3v) is 1.88. The number of aromatic nitrogens is 1. The second-order valence-electron chi connectivity index (χ2n) is 2.90. The molecule has 0 spiro atoms. The van der Waals surface area contributed by atoms with Crippen LogP contribution < -0.4 is 0 Å². The number of rotatable bonds is 3. The second kappa shape index (κ2) is 5.16. The molecule has 1 aromatic rings. The minimum Gasteiger partial charge on any atom is -0.469 e. The topological polar surface area (TPSA) is 63.0 Å². The molecule has 16 heavy (non-hydrogen) atoms. The van der Waals surface area contributed by atoms with Crippen molar-refractivity contribution in [3.63, 3.8) is 0 Å². The van der Waals surface area contributed by atoms with Crippen molar-refractivity contribution in [1.82, 2.24) is 4.98 Å². The van der Waals surface area contributed by atoms with E-state index in [-0.39, 0.29) is 17.7 Å². The molecule has 1 rings (SSSR count). The van der Waals surface area contributed by atoms with E-state index in [0.717, 1.165) is 6.07 Å². The summed E-state index contributed by atoms with van der Waals surface area (Å²) < 4.78 is 29.1. The maximum atomic E-state index is 12.3. The smallest absolute Gasteiger partial charge is 0.311 e. The van der Waals surface area contributed by atoms with Crippen LogP contribution in [0.1, 0.15) is 23.4 Å². The number of hydrogen-bond acceptors (Lipinski definition) is 4. The fraction of sp³-hybridized carbons (Fsp3) is 0.300. The summed E-state index contributed by atoms with van der Waals surface area (Å²) in [5.74, 6) is -0.629. The van der Waals surface area contributed by atoms with Crippen LogP contribution in [0.4, 0.5) is 8.78 Å². The first-order valence-corrected chi connectivity index (χ1v) is 4.33. The molecule has 0 radical (unpaired) electrons. The summed E-state index contributed by atoms with van der Waals surface area (Å²) in [7, 11) is 1.17. The highest BCUT2D eigenvalue weighted by atomic mass is 19.3. The van der Waals surface area contributed by atoms with Crippen LogP contribution in [-0.2, 0) is 16.0 Å². The summed E-state index contributed by atoms with van der Waals surface area (Å²) in [6, 6.07) is 4.05. The SMILES string of the molecule is COC(=O)Cc1nc(C(F)F)ccc1C#N. The van der Waals surface area contributed by atoms with Crippen molar-refractivity contribution in [2.24, 2.45) is 0 Å². The Hall–Kier alpha value is -2.03. The average molecular weight is 226 g/mol. The number of hydrogen-bond donors (Lipinski definition) is 0. The summed E-state index contributed by atoms with van der Waals surface area (Å²) in [4.78, 5) is 14.5. The zero-order valence-corrected chi connectivity index (χ0v) is 8.41. The van der Waals surface area contributed by atoms with E-state index in [2.05, 4.69) is 9.72 Å². The van der Waals surface area contributed by atoms with Gasteiger partial charge in [-0.15, -0.1) is 0 Å². The molecule has 1 heterocycles. The third-order valence-electron chi connectivity index (χ3n) is 1.88.